The summed E-state index contributed by atoms with van der Waals surface area (Å²) in [6.07, 6.45) is 0. The molecule has 0 radical (unpaired) electrons. The third-order valence-corrected chi connectivity index (χ3v) is 3.93. The molecule has 0 bridgehead atoms. The third-order valence-electron chi connectivity index (χ3n) is 3.93. The van der Waals surface area contributed by atoms with E-state index in [-0.39, 0.29) is 17.8 Å². The first-order valence-electron chi connectivity index (χ1n) is 8.16. The molecule has 0 aliphatic carbocycles. The van der Waals surface area contributed by atoms with Crippen molar-refractivity contribution in [3.63, 3.8) is 0 Å². The lowest BCUT2D eigenvalue weighted by atomic mass is 10.2. The number of hydrogen-bond donors (Lipinski definition) is 1. The van der Waals surface area contributed by atoms with Crippen molar-refractivity contribution < 1.29 is 18.7 Å². The van der Waals surface area contributed by atoms with Crippen LogP contribution in [0, 0.1) is 0 Å². The Hall–Kier alpha value is -3.55. The molecule has 1 amide bonds. The molecule has 0 fully saturated rings. The first-order chi connectivity index (χ1) is 13.0. The van der Waals surface area contributed by atoms with Gasteiger partial charge < -0.3 is 18.8 Å². The Morgan fingerprint density at radius 2 is 1.78 bits per heavy atom. The molecule has 2 aromatic carbocycles. The molecule has 140 valence electrons. The van der Waals surface area contributed by atoms with Crippen LogP contribution in [0.15, 0.2) is 46.9 Å². The normalized spacial score (nSPS) is 10.4. The standard InChI is InChI=1S/C19H20N4O4/c1-23(2)13-7-5-12(6-8-13)17(24)20-19-22-21-18(27-19)15-10-9-14(25-3)11-16(15)26-4/h5-11H,1-4H3,(H,20,22,24). The van der Waals surface area contributed by atoms with Gasteiger partial charge in [-0.25, -0.2) is 0 Å². The van der Waals surface area contributed by atoms with Crippen LogP contribution >= 0.6 is 0 Å². The minimum absolute atomic E-state index is 0.00422. The maximum Gasteiger partial charge on any atom is 0.322 e. The molecular weight excluding hydrogens is 348 g/mol. The number of carbonyl (C=O) groups is 1. The minimum Gasteiger partial charge on any atom is -0.497 e. The molecule has 0 saturated heterocycles. The fourth-order valence-electron chi connectivity index (χ4n) is 2.44. The molecule has 1 N–H and O–H groups in total. The van der Waals surface area contributed by atoms with Gasteiger partial charge in [-0.3, -0.25) is 10.1 Å². The number of nitrogens with zero attached hydrogens (tertiary/aromatic N) is 3. The lowest BCUT2D eigenvalue weighted by Gasteiger charge is -2.12. The van der Waals surface area contributed by atoms with E-state index in [0.29, 0.717) is 22.6 Å². The van der Waals surface area contributed by atoms with Crippen molar-refractivity contribution in [2.75, 3.05) is 38.5 Å². The van der Waals surface area contributed by atoms with Gasteiger partial charge in [-0.05, 0) is 36.4 Å². The van der Waals surface area contributed by atoms with Crippen molar-refractivity contribution in [2.45, 2.75) is 0 Å². The van der Waals surface area contributed by atoms with E-state index >= 15 is 0 Å². The summed E-state index contributed by atoms with van der Waals surface area (Å²) in [6, 6.07) is 12.4. The van der Waals surface area contributed by atoms with Crippen LogP contribution in [0.3, 0.4) is 0 Å². The number of carbonyl (C=O) groups excluding carboxylic acids is 1. The second-order valence-electron chi connectivity index (χ2n) is 5.87. The number of anilines is 2. The second kappa shape index (κ2) is 7.77. The maximum atomic E-state index is 12.4. The fraction of sp³-hybridized carbons (Fsp3) is 0.211. The van der Waals surface area contributed by atoms with Gasteiger partial charge in [0.15, 0.2) is 0 Å². The van der Waals surface area contributed by atoms with Crippen LogP contribution in [0.1, 0.15) is 10.4 Å². The highest BCUT2D eigenvalue weighted by Gasteiger charge is 2.16. The van der Waals surface area contributed by atoms with Crippen LogP contribution < -0.4 is 19.7 Å². The third kappa shape index (κ3) is 4.00. The summed E-state index contributed by atoms with van der Waals surface area (Å²) in [5.41, 5.74) is 2.09. The van der Waals surface area contributed by atoms with Gasteiger partial charge in [0.05, 0.1) is 19.8 Å². The Kier molecular flexibility index (Phi) is 5.25. The summed E-state index contributed by atoms with van der Waals surface area (Å²) in [5.74, 6) is 1.06. The van der Waals surface area contributed by atoms with E-state index in [0.717, 1.165) is 5.69 Å². The Labute approximate surface area is 156 Å². The molecule has 0 saturated carbocycles. The SMILES string of the molecule is COc1ccc(-c2nnc(NC(=O)c3ccc(N(C)C)cc3)o2)c(OC)c1. The number of benzene rings is 2. The van der Waals surface area contributed by atoms with Crippen LogP contribution in [-0.4, -0.2) is 44.4 Å². The smallest absolute Gasteiger partial charge is 0.322 e. The highest BCUT2D eigenvalue weighted by atomic mass is 16.5. The number of amides is 1. The van der Waals surface area contributed by atoms with Gasteiger partial charge in [-0.15, -0.1) is 5.10 Å². The zero-order chi connectivity index (χ0) is 19.4. The number of rotatable bonds is 6. The highest BCUT2D eigenvalue weighted by molar-refractivity contribution is 6.03. The average molecular weight is 368 g/mol. The number of aromatic nitrogens is 2. The van der Waals surface area contributed by atoms with E-state index < -0.39 is 0 Å². The van der Waals surface area contributed by atoms with E-state index in [1.807, 2.05) is 31.1 Å². The summed E-state index contributed by atoms with van der Waals surface area (Å²) in [7, 11) is 6.97. The molecule has 0 spiro atoms. The molecule has 1 heterocycles. The average Bonchev–Trinajstić information content (AvgIpc) is 3.15. The summed E-state index contributed by atoms with van der Waals surface area (Å²) in [5, 5.41) is 10.5. The lowest BCUT2D eigenvalue weighted by molar-refractivity contribution is 0.102. The first-order valence-corrected chi connectivity index (χ1v) is 8.16. The molecule has 3 rings (SSSR count). The van der Waals surface area contributed by atoms with Crippen LogP contribution in [0.2, 0.25) is 0 Å². The van der Waals surface area contributed by atoms with E-state index in [4.69, 9.17) is 13.9 Å². The molecule has 3 aromatic rings. The Bertz CT molecular complexity index is 935. The lowest BCUT2D eigenvalue weighted by Crippen LogP contribution is -2.13. The molecule has 8 nitrogen and oxygen atoms in total. The van der Waals surface area contributed by atoms with Crippen LogP contribution in [0.4, 0.5) is 11.7 Å². The number of ether oxygens (including phenoxy) is 2. The zero-order valence-corrected chi connectivity index (χ0v) is 15.5. The maximum absolute atomic E-state index is 12.4. The van der Waals surface area contributed by atoms with Gasteiger partial charge in [0.1, 0.15) is 11.5 Å². The first kappa shape index (κ1) is 18.2. The van der Waals surface area contributed by atoms with Crippen LogP contribution in [0.25, 0.3) is 11.5 Å². The summed E-state index contributed by atoms with van der Waals surface area (Å²) in [6.45, 7) is 0. The minimum atomic E-state index is -0.336. The van der Waals surface area contributed by atoms with Gasteiger partial charge in [-0.1, -0.05) is 5.10 Å². The molecule has 0 aliphatic rings. The Morgan fingerprint density at radius 3 is 2.41 bits per heavy atom. The van der Waals surface area contributed by atoms with Gasteiger partial charge >= 0.3 is 6.01 Å². The van der Waals surface area contributed by atoms with Crippen LogP contribution in [0.5, 0.6) is 11.5 Å². The molecule has 0 unspecified atom stereocenters. The predicted octanol–water partition coefficient (Wildman–Crippen LogP) is 3.07. The van der Waals surface area contributed by atoms with Crippen molar-refractivity contribution in [1.82, 2.24) is 10.2 Å². The Balaban J connectivity index is 1.77. The van der Waals surface area contributed by atoms with Crippen molar-refractivity contribution in [2.24, 2.45) is 0 Å². The zero-order valence-electron chi connectivity index (χ0n) is 15.5. The molecule has 27 heavy (non-hydrogen) atoms. The van der Waals surface area contributed by atoms with Crippen molar-refractivity contribution in [3.8, 4) is 23.0 Å². The quantitative estimate of drug-likeness (QED) is 0.715. The van der Waals surface area contributed by atoms with Gasteiger partial charge in [0, 0.05) is 31.4 Å². The fourth-order valence-corrected chi connectivity index (χ4v) is 2.44. The summed E-state index contributed by atoms with van der Waals surface area (Å²) >= 11 is 0. The summed E-state index contributed by atoms with van der Waals surface area (Å²) in [4.78, 5) is 14.3. The predicted molar refractivity (Wildman–Crippen MR) is 102 cm³/mol. The van der Waals surface area contributed by atoms with E-state index in [1.165, 1.54) is 7.11 Å². The summed E-state index contributed by atoms with van der Waals surface area (Å²) < 4.78 is 16.1. The molecule has 1 aromatic heterocycles. The molecular formula is C19H20N4O4. The monoisotopic (exact) mass is 368 g/mol. The van der Waals surface area contributed by atoms with Crippen molar-refractivity contribution >= 4 is 17.6 Å². The van der Waals surface area contributed by atoms with E-state index in [1.54, 1.807) is 37.4 Å². The number of methoxy groups -OCH3 is 2. The second-order valence-corrected chi connectivity index (χ2v) is 5.87. The van der Waals surface area contributed by atoms with Gasteiger partial charge in [0.25, 0.3) is 11.8 Å². The van der Waals surface area contributed by atoms with Crippen molar-refractivity contribution in [3.05, 3.63) is 48.0 Å². The largest absolute Gasteiger partial charge is 0.497 e. The molecule has 8 heteroatoms. The van der Waals surface area contributed by atoms with E-state index in [2.05, 4.69) is 15.5 Å². The highest BCUT2D eigenvalue weighted by Crippen LogP contribution is 2.33. The van der Waals surface area contributed by atoms with Gasteiger partial charge in [0.2, 0.25) is 0 Å². The van der Waals surface area contributed by atoms with E-state index in [9.17, 15) is 4.79 Å². The molecule has 0 atom stereocenters. The number of nitrogens with one attached hydrogen (secondary N) is 1. The number of hydrogen-bond acceptors (Lipinski definition) is 7. The van der Waals surface area contributed by atoms with Gasteiger partial charge in [-0.2, -0.15) is 0 Å². The Morgan fingerprint density at radius 1 is 1.04 bits per heavy atom. The topological polar surface area (TPSA) is 89.7 Å². The van der Waals surface area contributed by atoms with Crippen molar-refractivity contribution in [1.29, 1.82) is 0 Å². The molecule has 0 aliphatic heterocycles. The van der Waals surface area contributed by atoms with Crippen LogP contribution in [-0.2, 0) is 0 Å².